The molecule has 0 bridgehead atoms. The highest BCUT2D eigenvalue weighted by Crippen LogP contribution is 2.41. The van der Waals surface area contributed by atoms with Gasteiger partial charge in [-0.25, -0.2) is 4.39 Å². The van der Waals surface area contributed by atoms with E-state index in [1.165, 1.54) is 36.5 Å². The van der Waals surface area contributed by atoms with Crippen LogP contribution in [0.25, 0.3) is 33.2 Å². The van der Waals surface area contributed by atoms with Gasteiger partial charge in [-0.2, -0.15) is 0 Å². The Bertz CT molecular complexity index is 1420. The second-order valence-electron chi connectivity index (χ2n) is 9.87. The summed E-state index contributed by atoms with van der Waals surface area (Å²) >= 11 is 6.66. The lowest BCUT2D eigenvalue weighted by Gasteiger charge is -2.24. The lowest BCUT2D eigenvalue weighted by molar-refractivity contribution is 0.271. The van der Waals surface area contributed by atoms with E-state index in [4.69, 9.17) is 27.1 Å². The van der Waals surface area contributed by atoms with Gasteiger partial charge in [0.15, 0.2) is 0 Å². The maximum absolute atomic E-state index is 14.5. The number of benzene rings is 2. The third kappa shape index (κ3) is 5.61. The minimum atomic E-state index is -0.449. The summed E-state index contributed by atoms with van der Waals surface area (Å²) in [5.41, 5.74) is 12.1. The lowest BCUT2D eigenvalue weighted by atomic mass is 9.97. The normalized spacial score (nSPS) is 15.8. The van der Waals surface area contributed by atoms with Crippen molar-refractivity contribution in [2.75, 3.05) is 13.2 Å². The number of nitrogens with two attached hydrogens (primary N) is 1. The second-order valence-corrected chi connectivity index (χ2v) is 10.3. The van der Waals surface area contributed by atoms with Gasteiger partial charge in [-0.15, -0.1) is 0 Å². The van der Waals surface area contributed by atoms with E-state index >= 15 is 0 Å². The first-order chi connectivity index (χ1) is 17.9. The number of nitrogens with zero attached hydrogens (tertiary/aromatic N) is 2. The summed E-state index contributed by atoms with van der Waals surface area (Å²) < 4.78 is 21.1. The number of hydrogen-bond acceptors (Lipinski definition) is 5. The van der Waals surface area contributed by atoms with Crippen molar-refractivity contribution in [1.29, 1.82) is 0 Å². The number of nitrogens with one attached hydrogen (secondary N) is 1. The number of pyridine rings is 2. The van der Waals surface area contributed by atoms with E-state index in [-0.39, 0.29) is 12.2 Å². The Morgan fingerprint density at radius 2 is 1.81 bits per heavy atom. The van der Waals surface area contributed by atoms with Crippen molar-refractivity contribution in [3.63, 3.8) is 0 Å². The molecular weight excluding hydrogens is 487 g/mol. The molecule has 1 atom stereocenters. The smallest absolute Gasteiger partial charge is 0.146 e. The van der Waals surface area contributed by atoms with Crippen LogP contribution in [0.4, 0.5) is 4.39 Å². The van der Waals surface area contributed by atoms with Crippen LogP contribution in [-0.2, 0) is 6.54 Å². The van der Waals surface area contributed by atoms with Gasteiger partial charge in [-0.3, -0.25) is 9.97 Å². The predicted octanol–water partition coefficient (Wildman–Crippen LogP) is 6.74. The van der Waals surface area contributed by atoms with Crippen molar-refractivity contribution in [2.24, 2.45) is 5.73 Å². The molecule has 5 nitrogen and oxygen atoms in total. The van der Waals surface area contributed by atoms with Crippen LogP contribution in [0.3, 0.4) is 0 Å². The molecule has 1 aliphatic heterocycles. The molecule has 192 valence electrons. The van der Waals surface area contributed by atoms with Crippen LogP contribution in [0.2, 0.25) is 5.02 Å². The predicted molar refractivity (Wildman–Crippen MR) is 148 cm³/mol. The first-order valence-electron chi connectivity index (χ1n) is 12.8. The molecule has 1 aliphatic rings. The molecule has 7 heteroatoms. The van der Waals surface area contributed by atoms with E-state index in [0.29, 0.717) is 28.8 Å². The average molecular weight is 519 g/mol. The number of halogens is 2. The highest BCUT2D eigenvalue weighted by molar-refractivity contribution is 6.34. The second kappa shape index (κ2) is 11.1. The number of ether oxygens (including phenoxy) is 1. The van der Waals surface area contributed by atoms with Crippen LogP contribution in [0, 0.1) is 19.7 Å². The monoisotopic (exact) mass is 518 g/mol. The standard InChI is InChI=1S/C30H32ClFN4O/c1-18-9-19(2)11-20(10-18)25-17-36-28-14-26(31)23(21-12-27(32)29(15-33)35-16-21)13-24(28)30(25)37-8-6-22-5-3-4-7-34-22/h9-14,16-17,22,34H,3-8,15,33H2,1-2H3/t22-/m1/s1. The maximum Gasteiger partial charge on any atom is 0.146 e. The summed E-state index contributed by atoms with van der Waals surface area (Å²) in [5, 5.41) is 4.90. The Balaban J connectivity index is 1.61. The Kier molecular flexibility index (Phi) is 7.70. The van der Waals surface area contributed by atoms with Crippen molar-refractivity contribution in [2.45, 2.75) is 52.1 Å². The van der Waals surface area contributed by atoms with E-state index in [0.717, 1.165) is 40.7 Å². The van der Waals surface area contributed by atoms with Gasteiger partial charge >= 0.3 is 0 Å². The zero-order valence-electron chi connectivity index (χ0n) is 21.3. The summed E-state index contributed by atoms with van der Waals surface area (Å²) in [4.78, 5) is 8.92. The summed E-state index contributed by atoms with van der Waals surface area (Å²) in [6.45, 7) is 5.85. The van der Waals surface area contributed by atoms with E-state index < -0.39 is 5.82 Å². The van der Waals surface area contributed by atoms with Gasteiger partial charge in [-0.05, 0) is 63.4 Å². The molecular formula is C30H32ClFN4O. The lowest BCUT2D eigenvalue weighted by Crippen LogP contribution is -2.35. The molecule has 2 aromatic heterocycles. The minimum absolute atomic E-state index is 0.0363. The van der Waals surface area contributed by atoms with Gasteiger partial charge < -0.3 is 15.8 Å². The van der Waals surface area contributed by atoms with E-state index in [1.807, 2.05) is 18.3 Å². The molecule has 0 saturated carbocycles. The van der Waals surface area contributed by atoms with Crippen molar-refractivity contribution < 1.29 is 9.13 Å². The van der Waals surface area contributed by atoms with Crippen LogP contribution >= 0.6 is 11.6 Å². The number of hydrogen-bond donors (Lipinski definition) is 2. The Morgan fingerprint density at radius 3 is 2.51 bits per heavy atom. The van der Waals surface area contributed by atoms with Crippen molar-refractivity contribution in [1.82, 2.24) is 15.3 Å². The summed E-state index contributed by atoms with van der Waals surface area (Å²) in [6, 6.07) is 12.1. The number of rotatable bonds is 7. The number of piperidine rings is 1. The molecule has 3 N–H and O–H groups in total. The van der Waals surface area contributed by atoms with E-state index in [9.17, 15) is 4.39 Å². The van der Waals surface area contributed by atoms with Crippen molar-refractivity contribution in [3.8, 4) is 28.0 Å². The van der Waals surface area contributed by atoms with Crippen LogP contribution in [0.5, 0.6) is 5.75 Å². The quantitative estimate of drug-likeness (QED) is 0.283. The zero-order chi connectivity index (χ0) is 25.9. The number of fused-ring (bicyclic) bond motifs is 1. The molecule has 4 aromatic rings. The topological polar surface area (TPSA) is 73.1 Å². The number of aryl methyl sites for hydroxylation is 2. The third-order valence-electron chi connectivity index (χ3n) is 6.99. The first kappa shape index (κ1) is 25.6. The van der Waals surface area contributed by atoms with Gasteiger partial charge in [0.25, 0.3) is 0 Å². The third-order valence-corrected chi connectivity index (χ3v) is 7.30. The molecule has 3 heterocycles. The molecule has 37 heavy (non-hydrogen) atoms. The maximum atomic E-state index is 14.5. The van der Waals surface area contributed by atoms with Crippen LogP contribution < -0.4 is 15.8 Å². The molecule has 5 rings (SSSR count). The molecule has 2 aromatic carbocycles. The van der Waals surface area contributed by atoms with Gasteiger partial charge in [0, 0.05) is 47.1 Å². The highest BCUT2D eigenvalue weighted by Gasteiger charge is 2.18. The summed E-state index contributed by atoms with van der Waals surface area (Å²) in [6.07, 6.45) is 8.04. The van der Waals surface area contributed by atoms with Gasteiger partial charge in [0.05, 0.1) is 22.8 Å². The number of aromatic nitrogens is 2. The Labute approximate surface area is 222 Å². The Hall–Kier alpha value is -3.06. The fraction of sp³-hybridized carbons (Fsp3) is 0.333. The first-order valence-corrected chi connectivity index (χ1v) is 13.2. The van der Waals surface area contributed by atoms with Gasteiger partial charge in [0.2, 0.25) is 0 Å². The van der Waals surface area contributed by atoms with E-state index in [2.05, 4.69) is 42.3 Å². The SMILES string of the molecule is Cc1cc(C)cc(-c2cnc3cc(Cl)c(-c4cnc(CN)c(F)c4)cc3c2OCC[C@H]2CCCCN2)c1. The van der Waals surface area contributed by atoms with Crippen LogP contribution in [-0.4, -0.2) is 29.2 Å². The molecule has 0 unspecified atom stereocenters. The summed E-state index contributed by atoms with van der Waals surface area (Å²) in [7, 11) is 0. The van der Waals surface area contributed by atoms with Crippen LogP contribution in [0.15, 0.2) is 48.8 Å². The average Bonchev–Trinajstić information content (AvgIpc) is 2.88. The largest absolute Gasteiger partial charge is 0.492 e. The van der Waals surface area contributed by atoms with Gasteiger partial charge in [0.1, 0.15) is 11.6 Å². The minimum Gasteiger partial charge on any atom is -0.492 e. The molecule has 0 spiro atoms. The van der Waals surface area contributed by atoms with Crippen molar-refractivity contribution >= 4 is 22.5 Å². The summed E-state index contributed by atoms with van der Waals surface area (Å²) in [5.74, 6) is 0.311. The van der Waals surface area contributed by atoms with Crippen LogP contribution in [0.1, 0.15) is 42.5 Å². The zero-order valence-corrected chi connectivity index (χ0v) is 22.0. The highest BCUT2D eigenvalue weighted by atomic mass is 35.5. The fourth-order valence-electron chi connectivity index (χ4n) is 5.14. The molecule has 0 radical (unpaired) electrons. The molecule has 1 saturated heterocycles. The molecule has 1 fully saturated rings. The van der Waals surface area contributed by atoms with Crippen molar-refractivity contribution in [3.05, 3.63) is 76.5 Å². The van der Waals surface area contributed by atoms with E-state index in [1.54, 1.807) is 6.20 Å². The fourth-order valence-corrected chi connectivity index (χ4v) is 5.41. The van der Waals surface area contributed by atoms with Gasteiger partial charge in [-0.1, -0.05) is 47.3 Å². The molecule has 0 aliphatic carbocycles. The Morgan fingerprint density at radius 1 is 1.00 bits per heavy atom. The molecule has 0 amide bonds.